The first-order chi connectivity index (χ1) is 10.7. The number of hydrogen-bond acceptors (Lipinski definition) is 5. The summed E-state index contributed by atoms with van der Waals surface area (Å²) in [4.78, 5) is 23.1. The molecule has 0 aliphatic carbocycles. The molecule has 128 valence electrons. The Bertz CT molecular complexity index is 709. The van der Waals surface area contributed by atoms with Gasteiger partial charge in [-0.1, -0.05) is 0 Å². The van der Waals surface area contributed by atoms with Gasteiger partial charge < -0.3 is 14.8 Å². The molecular weight excluding hydrogens is 324 g/mol. The van der Waals surface area contributed by atoms with Crippen molar-refractivity contribution >= 4 is 21.9 Å². The van der Waals surface area contributed by atoms with Crippen LogP contribution in [0.1, 0.15) is 34.7 Å². The molecule has 1 amide bonds. The lowest BCUT2D eigenvalue weighted by molar-refractivity contribution is -0.126. The lowest BCUT2D eigenvalue weighted by Gasteiger charge is -2.30. The highest BCUT2D eigenvalue weighted by Gasteiger charge is 2.30. The van der Waals surface area contributed by atoms with Crippen molar-refractivity contribution in [2.45, 2.75) is 26.3 Å². The second-order valence-corrected chi connectivity index (χ2v) is 7.65. The Labute approximate surface area is 134 Å². The second-order valence-electron chi connectivity index (χ2n) is 5.67. The number of furan rings is 1. The van der Waals surface area contributed by atoms with Crippen molar-refractivity contribution in [2.75, 3.05) is 19.3 Å². The van der Waals surface area contributed by atoms with Crippen LogP contribution in [0.2, 0.25) is 0 Å². The lowest BCUT2D eigenvalue weighted by Crippen LogP contribution is -2.44. The Balaban J connectivity index is 1.94. The summed E-state index contributed by atoms with van der Waals surface area (Å²) < 4.78 is 29.7. The first-order valence-electron chi connectivity index (χ1n) is 7.24. The molecule has 2 N–H and O–H groups in total. The maximum atomic E-state index is 12.2. The van der Waals surface area contributed by atoms with Gasteiger partial charge >= 0.3 is 5.97 Å². The fourth-order valence-corrected chi connectivity index (χ4v) is 3.53. The highest BCUT2D eigenvalue weighted by Crippen LogP contribution is 2.19. The molecule has 2 rings (SSSR count). The van der Waals surface area contributed by atoms with E-state index in [1.54, 1.807) is 6.92 Å². The summed E-state index contributed by atoms with van der Waals surface area (Å²) in [5, 5.41) is 11.6. The van der Waals surface area contributed by atoms with Gasteiger partial charge in [0.05, 0.1) is 18.7 Å². The quantitative estimate of drug-likeness (QED) is 0.807. The number of nitrogens with one attached hydrogen (secondary N) is 1. The van der Waals surface area contributed by atoms with Crippen LogP contribution in [0.3, 0.4) is 0 Å². The monoisotopic (exact) mass is 344 g/mol. The fourth-order valence-electron chi connectivity index (χ4n) is 2.62. The molecule has 1 aromatic rings. The molecule has 1 aromatic heterocycles. The van der Waals surface area contributed by atoms with Gasteiger partial charge in [0.1, 0.15) is 17.1 Å². The first-order valence-corrected chi connectivity index (χ1v) is 9.08. The number of piperidine rings is 1. The van der Waals surface area contributed by atoms with Gasteiger partial charge in [-0.05, 0) is 25.8 Å². The van der Waals surface area contributed by atoms with Crippen molar-refractivity contribution in [1.82, 2.24) is 9.62 Å². The Morgan fingerprint density at radius 1 is 1.48 bits per heavy atom. The van der Waals surface area contributed by atoms with Gasteiger partial charge in [0.15, 0.2) is 0 Å². The average Bonchev–Trinajstić information content (AvgIpc) is 2.85. The molecule has 1 saturated heterocycles. The number of carbonyl (C=O) groups excluding carboxylic acids is 1. The molecule has 9 heteroatoms. The molecule has 1 atom stereocenters. The topological polar surface area (TPSA) is 117 Å². The summed E-state index contributed by atoms with van der Waals surface area (Å²) in [6.07, 6.45) is 2.38. The fraction of sp³-hybridized carbons (Fsp3) is 0.571. The molecule has 0 radical (unpaired) electrons. The third-order valence-electron chi connectivity index (χ3n) is 3.86. The molecule has 0 unspecified atom stereocenters. The van der Waals surface area contributed by atoms with Gasteiger partial charge in [-0.15, -0.1) is 0 Å². The van der Waals surface area contributed by atoms with E-state index in [1.807, 2.05) is 0 Å². The van der Waals surface area contributed by atoms with Gasteiger partial charge in [0.25, 0.3) is 0 Å². The predicted molar refractivity (Wildman–Crippen MR) is 81.4 cm³/mol. The van der Waals surface area contributed by atoms with Crippen molar-refractivity contribution in [1.29, 1.82) is 0 Å². The molecule has 2 heterocycles. The Kier molecular flexibility index (Phi) is 5.10. The van der Waals surface area contributed by atoms with Gasteiger partial charge in [-0.25, -0.2) is 17.5 Å². The minimum atomic E-state index is -3.30. The molecule has 0 saturated carbocycles. The van der Waals surface area contributed by atoms with E-state index in [1.165, 1.54) is 10.4 Å². The number of carbonyl (C=O) groups is 2. The van der Waals surface area contributed by atoms with Crippen LogP contribution >= 0.6 is 0 Å². The number of carboxylic acids is 1. The standard InChI is InChI=1S/C14H20N2O6S/c1-9-12(14(18)19)6-11(22-9)7-15-13(17)10-4-3-5-16(8-10)23(2,20)21/h6,10H,3-5,7-8H2,1-2H3,(H,15,17)(H,18,19)/t10-/m0/s1. The normalized spacial score (nSPS) is 19.5. The number of rotatable bonds is 5. The zero-order chi connectivity index (χ0) is 17.2. The van der Waals surface area contributed by atoms with E-state index in [9.17, 15) is 18.0 Å². The molecule has 23 heavy (non-hydrogen) atoms. The van der Waals surface area contributed by atoms with E-state index in [2.05, 4.69) is 5.32 Å². The molecule has 0 aromatic carbocycles. The second kappa shape index (κ2) is 6.71. The van der Waals surface area contributed by atoms with Crippen molar-refractivity contribution in [3.63, 3.8) is 0 Å². The minimum Gasteiger partial charge on any atom is -0.478 e. The summed E-state index contributed by atoms with van der Waals surface area (Å²) in [5.41, 5.74) is 0.0650. The van der Waals surface area contributed by atoms with E-state index < -0.39 is 21.9 Å². The largest absolute Gasteiger partial charge is 0.478 e. The van der Waals surface area contributed by atoms with Crippen molar-refractivity contribution in [3.05, 3.63) is 23.2 Å². The summed E-state index contributed by atoms with van der Waals surface area (Å²) in [5.74, 6) is -1.12. The highest BCUT2D eigenvalue weighted by atomic mass is 32.2. The number of aromatic carboxylic acids is 1. The number of sulfonamides is 1. The van der Waals surface area contributed by atoms with Gasteiger partial charge in [0.2, 0.25) is 15.9 Å². The van der Waals surface area contributed by atoms with Crippen molar-refractivity contribution in [3.8, 4) is 0 Å². The third-order valence-corrected chi connectivity index (χ3v) is 5.13. The number of nitrogens with zero attached hydrogens (tertiary/aromatic N) is 1. The van der Waals surface area contributed by atoms with E-state index in [0.717, 1.165) is 6.26 Å². The van der Waals surface area contributed by atoms with Crippen LogP contribution in [0, 0.1) is 12.8 Å². The van der Waals surface area contributed by atoms with Crippen LogP contribution in [-0.2, 0) is 21.4 Å². The Morgan fingerprint density at radius 3 is 2.74 bits per heavy atom. The van der Waals surface area contributed by atoms with Crippen LogP contribution in [0.15, 0.2) is 10.5 Å². The predicted octanol–water partition coefficient (Wildman–Crippen LogP) is 0.574. The van der Waals surface area contributed by atoms with E-state index in [-0.39, 0.29) is 30.3 Å². The summed E-state index contributed by atoms with van der Waals surface area (Å²) in [7, 11) is -3.30. The summed E-state index contributed by atoms with van der Waals surface area (Å²) >= 11 is 0. The number of amides is 1. The minimum absolute atomic E-state index is 0.0650. The van der Waals surface area contributed by atoms with Gasteiger partial charge in [-0.2, -0.15) is 0 Å². The summed E-state index contributed by atoms with van der Waals surface area (Å²) in [6, 6.07) is 1.38. The van der Waals surface area contributed by atoms with Crippen molar-refractivity contribution < 1.29 is 27.5 Å². The molecule has 1 aliphatic rings. The third kappa shape index (κ3) is 4.32. The number of carboxylic acid groups (broad SMARTS) is 1. The van der Waals surface area contributed by atoms with Crippen LogP contribution < -0.4 is 5.32 Å². The maximum Gasteiger partial charge on any atom is 0.339 e. The van der Waals surface area contributed by atoms with Crippen molar-refractivity contribution in [2.24, 2.45) is 5.92 Å². The molecule has 1 aliphatic heterocycles. The molecule has 0 spiro atoms. The van der Waals surface area contributed by atoms with Gasteiger partial charge in [0, 0.05) is 13.1 Å². The number of aryl methyl sites for hydroxylation is 1. The van der Waals surface area contributed by atoms with Crippen LogP contribution in [0.25, 0.3) is 0 Å². The molecule has 0 bridgehead atoms. The summed E-state index contributed by atoms with van der Waals surface area (Å²) in [6.45, 7) is 2.21. The molecule has 8 nitrogen and oxygen atoms in total. The number of hydrogen-bond donors (Lipinski definition) is 2. The van der Waals surface area contributed by atoms with E-state index >= 15 is 0 Å². The van der Waals surface area contributed by atoms with Crippen LogP contribution in [-0.4, -0.2) is 49.1 Å². The molecular formula is C14H20N2O6S. The van der Waals surface area contributed by atoms with E-state index in [4.69, 9.17) is 9.52 Å². The SMILES string of the molecule is Cc1oc(CNC(=O)[C@H]2CCCN(S(C)(=O)=O)C2)cc1C(=O)O. The van der Waals surface area contributed by atoms with Gasteiger partial charge in [-0.3, -0.25) is 4.79 Å². The Morgan fingerprint density at radius 2 is 2.17 bits per heavy atom. The zero-order valence-corrected chi connectivity index (χ0v) is 13.9. The van der Waals surface area contributed by atoms with Crippen LogP contribution in [0.4, 0.5) is 0 Å². The smallest absolute Gasteiger partial charge is 0.339 e. The highest BCUT2D eigenvalue weighted by molar-refractivity contribution is 7.88. The Hall–Kier alpha value is -1.87. The molecule has 1 fully saturated rings. The van der Waals surface area contributed by atoms with E-state index in [0.29, 0.717) is 25.1 Å². The average molecular weight is 344 g/mol. The lowest BCUT2D eigenvalue weighted by atomic mass is 9.99. The first kappa shape index (κ1) is 17.5. The van der Waals surface area contributed by atoms with Crippen LogP contribution in [0.5, 0.6) is 0 Å². The maximum absolute atomic E-state index is 12.2. The zero-order valence-electron chi connectivity index (χ0n) is 13.0.